The van der Waals surface area contributed by atoms with Crippen molar-refractivity contribution in [2.45, 2.75) is 20.0 Å². The summed E-state index contributed by atoms with van der Waals surface area (Å²) in [6, 6.07) is 10.8. The molecule has 1 aliphatic heterocycles. The Labute approximate surface area is 187 Å². The number of fused-ring (bicyclic) bond motifs is 1. The minimum Gasteiger partial charge on any atom is -0.486 e. The first-order valence-electron chi connectivity index (χ1n) is 9.23. The molecular formula is C21H18Cl2N2O4S. The van der Waals surface area contributed by atoms with Crippen LogP contribution in [0.15, 0.2) is 41.2 Å². The predicted octanol–water partition coefficient (Wildman–Crippen LogP) is 4.27. The smallest absolute Gasteiger partial charge is 0.308 e. The highest BCUT2D eigenvalue weighted by Crippen LogP contribution is 2.30. The van der Waals surface area contributed by atoms with Crippen LogP contribution in [0.25, 0.3) is 0 Å². The summed E-state index contributed by atoms with van der Waals surface area (Å²) in [4.78, 5) is 25.3. The second-order valence-electron chi connectivity index (χ2n) is 6.78. The maximum atomic E-state index is 12.7. The number of amides is 1. The van der Waals surface area contributed by atoms with E-state index in [9.17, 15) is 9.59 Å². The van der Waals surface area contributed by atoms with Gasteiger partial charge in [0.05, 0.1) is 16.6 Å². The van der Waals surface area contributed by atoms with Crippen LogP contribution in [0.3, 0.4) is 0 Å². The molecular weight excluding hydrogens is 447 g/mol. The number of nitrogens with zero attached hydrogens (tertiary/aromatic N) is 1. The van der Waals surface area contributed by atoms with E-state index in [0.29, 0.717) is 58.4 Å². The molecule has 30 heavy (non-hydrogen) atoms. The van der Waals surface area contributed by atoms with Crippen LogP contribution in [-0.4, -0.2) is 23.7 Å². The minimum atomic E-state index is -0.294. The minimum absolute atomic E-state index is 0.206. The molecule has 0 aliphatic carbocycles. The number of carbonyl (C=O) groups excluding carboxylic acids is 1. The third kappa shape index (κ3) is 4.33. The van der Waals surface area contributed by atoms with Gasteiger partial charge in [0.15, 0.2) is 11.5 Å². The molecule has 3 aromatic rings. The fourth-order valence-corrected chi connectivity index (χ4v) is 4.38. The Hall–Kier alpha value is -2.48. The maximum absolute atomic E-state index is 12.7. The van der Waals surface area contributed by atoms with E-state index in [2.05, 4.69) is 5.32 Å². The average molecular weight is 465 g/mol. The number of thiazole rings is 1. The number of rotatable bonds is 5. The van der Waals surface area contributed by atoms with Crippen molar-refractivity contribution in [3.05, 3.63) is 77.8 Å². The summed E-state index contributed by atoms with van der Waals surface area (Å²) in [6.07, 6.45) is 0. The molecule has 0 saturated carbocycles. The summed E-state index contributed by atoms with van der Waals surface area (Å²) in [7, 11) is 0. The van der Waals surface area contributed by atoms with Crippen LogP contribution in [0.4, 0.5) is 0 Å². The average Bonchev–Trinajstić information content (AvgIpc) is 3.03. The van der Waals surface area contributed by atoms with Crippen molar-refractivity contribution >= 4 is 40.4 Å². The highest BCUT2D eigenvalue weighted by molar-refractivity contribution is 7.11. The normalized spacial score (nSPS) is 12.6. The Kier molecular flexibility index (Phi) is 6.04. The van der Waals surface area contributed by atoms with E-state index in [0.717, 1.165) is 22.5 Å². The summed E-state index contributed by atoms with van der Waals surface area (Å²) < 4.78 is 12.6. The van der Waals surface area contributed by atoms with Crippen molar-refractivity contribution in [2.75, 3.05) is 13.2 Å². The lowest BCUT2D eigenvalue weighted by Crippen LogP contribution is -2.23. The van der Waals surface area contributed by atoms with Gasteiger partial charge in [-0.1, -0.05) is 46.7 Å². The van der Waals surface area contributed by atoms with E-state index >= 15 is 0 Å². The largest absolute Gasteiger partial charge is 0.486 e. The number of aromatic nitrogens is 1. The molecule has 156 valence electrons. The highest BCUT2D eigenvalue weighted by Gasteiger charge is 2.18. The molecule has 0 bridgehead atoms. The van der Waals surface area contributed by atoms with Crippen molar-refractivity contribution in [1.82, 2.24) is 9.88 Å². The molecule has 2 heterocycles. The zero-order valence-corrected chi connectivity index (χ0v) is 18.4. The molecule has 2 aromatic carbocycles. The first-order chi connectivity index (χ1) is 14.4. The van der Waals surface area contributed by atoms with E-state index in [1.54, 1.807) is 29.7 Å². The Morgan fingerprint density at radius 1 is 1.07 bits per heavy atom. The van der Waals surface area contributed by atoms with Gasteiger partial charge in [-0.3, -0.25) is 14.2 Å². The third-order valence-electron chi connectivity index (χ3n) is 4.73. The molecule has 1 aliphatic rings. The number of halogens is 2. The standard InChI is InChI=1S/C21H18Cl2N2O4S/c1-12-19(30-21(27)25(12)11-14-2-4-15(22)16(23)8-14)20(26)24-10-13-3-5-17-18(9-13)29-7-6-28-17/h2-5,8-9H,6-7,10-11H2,1H3,(H,24,26). The van der Waals surface area contributed by atoms with E-state index in [4.69, 9.17) is 32.7 Å². The monoisotopic (exact) mass is 464 g/mol. The molecule has 0 atom stereocenters. The van der Waals surface area contributed by atoms with Gasteiger partial charge < -0.3 is 14.8 Å². The number of benzene rings is 2. The van der Waals surface area contributed by atoms with Gasteiger partial charge in [0.2, 0.25) is 0 Å². The molecule has 1 aromatic heterocycles. The second-order valence-corrected chi connectivity index (χ2v) is 8.55. The maximum Gasteiger partial charge on any atom is 0.308 e. The molecule has 0 unspecified atom stereocenters. The van der Waals surface area contributed by atoms with E-state index in [1.807, 2.05) is 18.2 Å². The summed E-state index contributed by atoms with van der Waals surface area (Å²) >= 11 is 12.9. The first kappa shape index (κ1) is 20.8. The molecule has 6 nitrogen and oxygen atoms in total. The Balaban J connectivity index is 1.47. The summed E-state index contributed by atoms with van der Waals surface area (Å²) in [6.45, 7) is 3.42. The fourth-order valence-electron chi connectivity index (χ4n) is 3.15. The van der Waals surface area contributed by atoms with E-state index in [1.165, 1.54) is 0 Å². The van der Waals surface area contributed by atoms with Gasteiger partial charge in [-0.2, -0.15) is 0 Å². The first-order valence-corrected chi connectivity index (χ1v) is 10.8. The summed E-state index contributed by atoms with van der Waals surface area (Å²) in [5, 5.41) is 3.74. The molecule has 1 N–H and O–H groups in total. The Morgan fingerprint density at radius 2 is 1.80 bits per heavy atom. The van der Waals surface area contributed by atoms with Crippen molar-refractivity contribution in [2.24, 2.45) is 0 Å². The van der Waals surface area contributed by atoms with Crippen LogP contribution < -0.4 is 19.7 Å². The third-order valence-corrected chi connectivity index (χ3v) is 6.55. The van der Waals surface area contributed by atoms with E-state index in [-0.39, 0.29) is 10.8 Å². The van der Waals surface area contributed by atoms with E-state index < -0.39 is 0 Å². The van der Waals surface area contributed by atoms with Crippen molar-refractivity contribution in [3.8, 4) is 11.5 Å². The fraction of sp³-hybridized carbons (Fsp3) is 0.238. The molecule has 4 rings (SSSR count). The van der Waals surface area contributed by atoms with Crippen molar-refractivity contribution in [3.63, 3.8) is 0 Å². The van der Waals surface area contributed by atoms with Gasteiger partial charge in [-0.25, -0.2) is 0 Å². The molecule has 1 amide bonds. The number of ether oxygens (including phenoxy) is 2. The highest BCUT2D eigenvalue weighted by atomic mass is 35.5. The predicted molar refractivity (Wildman–Crippen MR) is 117 cm³/mol. The van der Waals surface area contributed by atoms with Crippen molar-refractivity contribution in [1.29, 1.82) is 0 Å². The summed E-state index contributed by atoms with van der Waals surface area (Å²) in [5.41, 5.74) is 2.32. The van der Waals surface area contributed by atoms with Gasteiger partial charge >= 0.3 is 4.87 Å². The molecule has 9 heteroatoms. The Bertz CT molecular complexity index is 1170. The quantitative estimate of drug-likeness (QED) is 0.611. The molecule has 0 radical (unpaired) electrons. The molecule has 0 spiro atoms. The van der Waals surface area contributed by atoms with Gasteiger partial charge in [-0.15, -0.1) is 0 Å². The SMILES string of the molecule is Cc1c(C(=O)NCc2ccc3c(c2)OCCO3)sc(=O)n1Cc1ccc(Cl)c(Cl)c1. The number of hydrogen-bond acceptors (Lipinski definition) is 5. The molecule has 0 saturated heterocycles. The second kappa shape index (κ2) is 8.71. The van der Waals surface area contributed by atoms with Crippen LogP contribution in [0, 0.1) is 6.92 Å². The zero-order valence-electron chi connectivity index (χ0n) is 16.0. The van der Waals surface area contributed by atoms with Crippen LogP contribution >= 0.6 is 34.5 Å². The van der Waals surface area contributed by atoms with Crippen LogP contribution in [0.1, 0.15) is 26.5 Å². The van der Waals surface area contributed by atoms with Crippen LogP contribution in [0.5, 0.6) is 11.5 Å². The number of carbonyl (C=O) groups is 1. The lowest BCUT2D eigenvalue weighted by molar-refractivity contribution is 0.0953. The van der Waals surface area contributed by atoms with Crippen LogP contribution in [0.2, 0.25) is 10.0 Å². The topological polar surface area (TPSA) is 69.6 Å². The lowest BCUT2D eigenvalue weighted by Gasteiger charge is -2.18. The Morgan fingerprint density at radius 3 is 2.57 bits per heavy atom. The van der Waals surface area contributed by atoms with Gasteiger partial charge in [-0.05, 0) is 42.3 Å². The number of nitrogens with one attached hydrogen (secondary N) is 1. The summed E-state index contributed by atoms with van der Waals surface area (Å²) in [5.74, 6) is 1.07. The van der Waals surface area contributed by atoms with Crippen molar-refractivity contribution < 1.29 is 14.3 Å². The van der Waals surface area contributed by atoms with Gasteiger partial charge in [0.25, 0.3) is 5.91 Å². The molecule has 0 fully saturated rings. The lowest BCUT2D eigenvalue weighted by atomic mass is 10.2. The van der Waals surface area contributed by atoms with Gasteiger partial charge in [0, 0.05) is 12.2 Å². The van der Waals surface area contributed by atoms with Crippen LogP contribution in [-0.2, 0) is 13.1 Å². The van der Waals surface area contributed by atoms with Gasteiger partial charge in [0.1, 0.15) is 18.1 Å². The number of hydrogen-bond donors (Lipinski definition) is 1. The zero-order chi connectivity index (χ0) is 21.3.